The van der Waals surface area contributed by atoms with Crippen molar-refractivity contribution >= 4 is 12.0 Å². The Bertz CT molecular complexity index is 382. The number of carboxylic acid groups (broad SMARTS) is 1. The van der Waals surface area contributed by atoms with Crippen molar-refractivity contribution in [2.75, 3.05) is 13.6 Å². The lowest BCUT2D eigenvalue weighted by molar-refractivity contribution is -0.139. The fraction of sp³-hybridized carbons (Fsp3) is 0.857. The first-order valence-electron chi connectivity index (χ1n) is 7.41. The van der Waals surface area contributed by atoms with Crippen LogP contribution >= 0.6 is 0 Å². The molecule has 0 spiro atoms. The van der Waals surface area contributed by atoms with Gasteiger partial charge in [0.15, 0.2) is 0 Å². The van der Waals surface area contributed by atoms with E-state index >= 15 is 0 Å². The maximum absolute atomic E-state index is 12.1. The highest BCUT2D eigenvalue weighted by Crippen LogP contribution is 2.34. The maximum atomic E-state index is 12.1. The molecule has 2 atom stereocenters. The van der Waals surface area contributed by atoms with Gasteiger partial charge in [0.1, 0.15) is 0 Å². The van der Waals surface area contributed by atoms with Crippen LogP contribution in [0.3, 0.4) is 0 Å². The Labute approximate surface area is 119 Å². The van der Waals surface area contributed by atoms with Gasteiger partial charge in [0, 0.05) is 18.6 Å². The van der Waals surface area contributed by atoms with Crippen LogP contribution in [-0.2, 0) is 4.79 Å². The van der Waals surface area contributed by atoms with Crippen molar-refractivity contribution in [2.24, 2.45) is 0 Å². The summed E-state index contributed by atoms with van der Waals surface area (Å²) < 4.78 is 0. The molecular formula is C14H25N3O3. The molecular weight excluding hydrogens is 258 g/mol. The molecule has 3 N–H and O–H groups in total. The summed E-state index contributed by atoms with van der Waals surface area (Å²) in [6.07, 6.45) is 4.41. The number of carbonyl (C=O) groups excluding carboxylic acids is 1. The third-order valence-electron chi connectivity index (χ3n) is 4.72. The van der Waals surface area contributed by atoms with Crippen LogP contribution in [0.25, 0.3) is 0 Å². The van der Waals surface area contributed by atoms with E-state index in [2.05, 4.69) is 29.5 Å². The zero-order valence-electron chi connectivity index (χ0n) is 12.3. The molecule has 0 aromatic rings. The Balaban J connectivity index is 1.81. The summed E-state index contributed by atoms with van der Waals surface area (Å²) in [5.41, 5.74) is -0.521. The van der Waals surface area contributed by atoms with Crippen molar-refractivity contribution in [2.45, 2.75) is 63.1 Å². The predicted octanol–water partition coefficient (Wildman–Crippen LogP) is 1.17. The highest BCUT2D eigenvalue weighted by atomic mass is 16.4. The minimum Gasteiger partial charge on any atom is -0.481 e. The summed E-state index contributed by atoms with van der Waals surface area (Å²) in [6.45, 7) is 3.13. The number of rotatable bonds is 4. The van der Waals surface area contributed by atoms with E-state index in [0.717, 1.165) is 38.6 Å². The molecule has 1 aliphatic carbocycles. The second kappa shape index (κ2) is 5.99. The number of likely N-dealkylation sites (tertiary alicyclic amines) is 1. The van der Waals surface area contributed by atoms with Crippen molar-refractivity contribution in [3.63, 3.8) is 0 Å². The zero-order valence-corrected chi connectivity index (χ0v) is 12.3. The second-order valence-electron chi connectivity index (χ2n) is 6.35. The van der Waals surface area contributed by atoms with Crippen LogP contribution < -0.4 is 10.6 Å². The van der Waals surface area contributed by atoms with Gasteiger partial charge in [-0.1, -0.05) is 0 Å². The number of nitrogens with zero attached hydrogens (tertiary/aromatic N) is 1. The van der Waals surface area contributed by atoms with Gasteiger partial charge >= 0.3 is 12.0 Å². The summed E-state index contributed by atoms with van der Waals surface area (Å²) in [5.74, 6) is -0.849. The molecule has 2 rings (SSSR count). The van der Waals surface area contributed by atoms with Crippen LogP contribution in [0.1, 0.15) is 45.4 Å². The Morgan fingerprint density at radius 3 is 2.60 bits per heavy atom. The summed E-state index contributed by atoms with van der Waals surface area (Å²) in [5, 5.41) is 14.8. The number of urea groups is 1. The van der Waals surface area contributed by atoms with Gasteiger partial charge in [-0.05, 0) is 46.1 Å². The van der Waals surface area contributed by atoms with E-state index in [1.54, 1.807) is 0 Å². The number of hydrogen-bond donors (Lipinski definition) is 3. The van der Waals surface area contributed by atoms with E-state index in [4.69, 9.17) is 5.11 Å². The Kier molecular flexibility index (Phi) is 4.52. The fourth-order valence-corrected chi connectivity index (χ4v) is 3.12. The Morgan fingerprint density at radius 1 is 1.40 bits per heavy atom. The van der Waals surface area contributed by atoms with Crippen LogP contribution in [0.5, 0.6) is 0 Å². The number of hydrogen-bond acceptors (Lipinski definition) is 3. The average molecular weight is 283 g/mol. The van der Waals surface area contributed by atoms with E-state index < -0.39 is 11.5 Å². The van der Waals surface area contributed by atoms with Crippen LogP contribution in [-0.4, -0.2) is 53.2 Å². The van der Waals surface area contributed by atoms with Gasteiger partial charge in [-0.15, -0.1) is 0 Å². The number of piperidine rings is 1. The molecule has 114 valence electrons. The largest absolute Gasteiger partial charge is 0.481 e. The molecule has 0 aromatic carbocycles. The standard InChI is InChI=1S/C14H25N3O3/c1-10-8-11(4-7-17(10)2)15-13(20)16-14(5-3-6-14)9-12(18)19/h10-11H,3-9H2,1-2H3,(H,18,19)(H2,15,16,20). The number of aliphatic carboxylic acids is 1. The molecule has 20 heavy (non-hydrogen) atoms. The van der Waals surface area contributed by atoms with Crippen molar-refractivity contribution in [3.8, 4) is 0 Å². The van der Waals surface area contributed by atoms with Crippen molar-refractivity contribution in [3.05, 3.63) is 0 Å². The lowest BCUT2D eigenvalue weighted by atomic mass is 9.74. The van der Waals surface area contributed by atoms with Crippen LogP contribution in [0.2, 0.25) is 0 Å². The molecule has 2 fully saturated rings. The van der Waals surface area contributed by atoms with Crippen molar-refractivity contribution in [1.29, 1.82) is 0 Å². The normalized spacial score (nSPS) is 29.3. The third-order valence-corrected chi connectivity index (χ3v) is 4.72. The third kappa shape index (κ3) is 3.62. The van der Waals surface area contributed by atoms with Crippen LogP contribution in [0, 0.1) is 0 Å². The lowest BCUT2D eigenvalue weighted by Gasteiger charge is -2.42. The van der Waals surface area contributed by atoms with Gasteiger partial charge in [0.25, 0.3) is 0 Å². The van der Waals surface area contributed by atoms with E-state index in [0.29, 0.717) is 6.04 Å². The van der Waals surface area contributed by atoms with E-state index in [1.807, 2.05) is 0 Å². The summed E-state index contributed by atoms with van der Waals surface area (Å²) in [6, 6.07) is 0.432. The molecule has 2 amide bonds. The van der Waals surface area contributed by atoms with Gasteiger partial charge in [0.05, 0.1) is 12.0 Å². The molecule has 0 bridgehead atoms. The van der Waals surface area contributed by atoms with Crippen LogP contribution in [0.4, 0.5) is 4.79 Å². The molecule has 0 aromatic heterocycles. The van der Waals surface area contributed by atoms with Gasteiger partial charge in [-0.25, -0.2) is 4.79 Å². The highest BCUT2D eigenvalue weighted by Gasteiger charge is 2.40. The smallest absolute Gasteiger partial charge is 0.315 e. The lowest BCUT2D eigenvalue weighted by Crippen LogP contribution is -2.59. The first-order valence-corrected chi connectivity index (χ1v) is 7.41. The molecule has 2 unspecified atom stereocenters. The van der Waals surface area contributed by atoms with Gasteiger partial charge < -0.3 is 20.6 Å². The quantitative estimate of drug-likeness (QED) is 0.723. The van der Waals surface area contributed by atoms with Gasteiger partial charge in [-0.3, -0.25) is 4.79 Å². The molecule has 1 aliphatic heterocycles. The van der Waals surface area contributed by atoms with E-state index in [-0.39, 0.29) is 18.5 Å². The molecule has 0 radical (unpaired) electrons. The summed E-state index contributed by atoms with van der Waals surface area (Å²) >= 11 is 0. The molecule has 1 saturated carbocycles. The van der Waals surface area contributed by atoms with Crippen molar-refractivity contribution in [1.82, 2.24) is 15.5 Å². The molecule has 1 heterocycles. The first kappa shape index (κ1) is 15.1. The summed E-state index contributed by atoms with van der Waals surface area (Å²) in [4.78, 5) is 25.2. The number of carbonyl (C=O) groups is 2. The minimum absolute atomic E-state index is 0.0181. The first-order chi connectivity index (χ1) is 9.40. The Morgan fingerprint density at radius 2 is 2.10 bits per heavy atom. The van der Waals surface area contributed by atoms with Gasteiger partial charge in [0.2, 0.25) is 0 Å². The maximum Gasteiger partial charge on any atom is 0.315 e. The number of carboxylic acids is 1. The fourth-order valence-electron chi connectivity index (χ4n) is 3.12. The molecule has 6 heteroatoms. The minimum atomic E-state index is -0.849. The molecule has 6 nitrogen and oxygen atoms in total. The van der Waals surface area contributed by atoms with E-state index in [9.17, 15) is 9.59 Å². The number of amides is 2. The highest BCUT2D eigenvalue weighted by molar-refractivity contribution is 5.77. The second-order valence-corrected chi connectivity index (χ2v) is 6.35. The van der Waals surface area contributed by atoms with Crippen LogP contribution in [0.15, 0.2) is 0 Å². The average Bonchev–Trinajstić information content (AvgIpc) is 2.30. The van der Waals surface area contributed by atoms with Gasteiger partial charge in [-0.2, -0.15) is 0 Å². The SMILES string of the molecule is CC1CC(NC(=O)NC2(CC(=O)O)CCC2)CCN1C. The van der Waals surface area contributed by atoms with Crippen molar-refractivity contribution < 1.29 is 14.7 Å². The van der Waals surface area contributed by atoms with E-state index in [1.165, 1.54) is 0 Å². The molecule has 1 saturated heterocycles. The Hall–Kier alpha value is -1.30. The number of nitrogens with one attached hydrogen (secondary N) is 2. The monoisotopic (exact) mass is 283 g/mol. The summed E-state index contributed by atoms with van der Waals surface area (Å²) in [7, 11) is 2.09. The zero-order chi connectivity index (χ0) is 14.8. The predicted molar refractivity (Wildman–Crippen MR) is 75.6 cm³/mol. The molecule has 2 aliphatic rings. The topological polar surface area (TPSA) is 81.7 Å².